The number of ether oxygens (including phenoxy) is 1. The molecule has 2 aromatic heterocycles. The average Bonchev–Trinajstić information content (AvgIpc) is 3.35. The van der Waals surface area contributed by atoms with Crippen molar-refractivity contribution in [1.82, 2.24) is 19.7 Å². The number of aromatic nitrogens is 4. The van der Waals surface area contributed by atoms with E-state index in [9.17, 15) is 4.39 Å². The van der Waals surface area contributed by atoms with Gasteiger partial charge in [-0.1, -0.05) is 0 Å². The normalized spacial score (nSPS) is 24.0. The van der Waals surface area contributed by atoms with Crippen LogP contribution in [0.1, 0.15) is 19.3 Å². The van der Waals surface area contributed by atoms with E-state index < -0.39 is 0 Å². The van der Waals surface area contributed by atoms with Crippen LogP contribution in [0, 0.1) is 17.7 Å². The summed E-state index contributed by atoms with van der Waals surface area (Å²) in [6.07, 6.45) is 5.20. The van der Waals surface area contributed by atoms with E-state index in [0.717, 1.165) is 44.2 Å². The first-order valence-electron chi connectivity index (χ1n) is 11.7. The summed E-state index contributed by atoms with van der Waals surface area (Å²) in [6.45, 7) is 3.69. The summed E-state index contributed by atoms with van der Waals surface area (Å²) in [6, 6.07) is 11.0. The molecule has 4 heterocycles. The number of benzene rings is 1. The molecule has 2 bridgehead atoms. The molecule has 0 spiro atoms. The first kappa shape index (κ1) is 20.3. The fourth-order valence-corrected chi connectivity index (χ4v) is 5.61. The van der Waals surface area contributed by atoms with Crippen LogP contribution < -0.4 is 19.9 Å². The van der Waals surface area contributed by atoms with E-state index >= 15 is 0 Å². The summed E-state index contributed by atoms with van der Waals surface area (Å²) in [4.78, 5) is 13.7. The van der Waals surface area contributed by atoms with E-state index in [-0.39, 0.29) is 5.82 Å². The van der Waals surface area contributed by atoms with Crippen LogP contribution in [0.2, 0.25) is 0 Å². The average molecular weight is 450 g/mol. The zero-order valence-electron chi connectivity index (χ0n) is 18.7. The van der Waals surface area contributed by atoms with Gasteiger partial charge >= 0.3 is 0 Å². The molecule has 1 aliphatic carbocycles. The van der Waals surface area contributed by atoms with Gasteiger partial charge in [0.15, 0.2) is 0 Å². The predicted octanol–water partition coefficient (Wildman–Crippen LogP) is 3.69. The Bertz CT molecular complexity index is 1120. The minimum atomic E-state index is -0.230. The maximum absolute atomic E-state index is 13.4. The van der Waals surface area contributed by atoms with Gasteiger partial charge in [-0.05, 0) is 61.4 Å². The lowest BCUT2D eigenvalue weighted by Gasteiger charge is -2.39. The number of methoxy groups -OCH3 is 1. The van der Waals surface area contributed by atoms with Crippen LogP contribution in [0.3, 0.4) is 0 Å². The lowest BCUT2D eigenvalue weighted by atomic mass is 9.92. The quantitative estimate of drug-likeness (QED) is 0.637. The highest BCUT2D eigenvalue weighted by molar-refractivity contribution is 5.59. The van der Waals surface area contributed by atoms with Gasteiger partial charge in [-0.2, -0.15) is 4.98 Å². The summed E-state index contributed by atoms with van der Waals surface area (Å²) in [5.41, 5.74) is 2.11. The van der Waals surface area contributed by atoms with Gasteiger partial charge < -0.3 is 19.9 Å². The smallest absolute Gasteiger partial charge is 0.244 e. The van der Waals surface area contributed by atoms with E-state index in [2.05, 4.69) is 26.2 Å². The molecule has 172 valence electrons. The second kappa shape index (κ2) is 8.20. The Labute approximate surface area is 192 Å². The van der Waals surface area contributed by atoms with E-state index in [0.29, 0.717) is 29.7 Å². The monoisotopic (exact) mass is 449 g/mol. The number of rotatable bonds is 5. The van der Waals surface area contributed by atoms with Gasteiger partial charge in [0.25, 0.3) is 0 Å². The minimum Gasteiger partial charge on any atom is -0.481 e. The van der Waals surface area contributed by atoms with E-state index in [1.165, 1.54) is 30.7 Å². The van der Waals surface area contributed by atoms with Crippen LogP contribution in [0.25, 0.3) is 0 Å². The summed E-state index contributed by atoms with van der Waals surface area (Å²) in [5, 5.41) is 8.46. The molecular formula is C24H28FN7O. The number of aryl methyl sites for hydroxylation is 1. The standard InChI is InChI=1S/C24H28FN7O/c1-33-21-13-20(9-10-26-21)30-14-16-3-4-17(15-30)22(16)27-23-28-24-31(11-2-12-32(24)29-23)19-7-5-18(25)6-8-19/h5-10,13,16-17,22H,2-4,11-12,14-15H2,1H3,(H,27,29)/t16-,17+,22?. The SMILES string of the molecule is COc1cc(N2C[C@H]3CC[C@@H](C2)C3Nc2nc3n(n2)CCCN3c2ccc(F)cc2)ccn1. The largest absolute Gasteiger partial charge is 0.481 e. The van der Waals surface area contributed by atoms with Crippen molar-refractivity contribution < 1.29 is 9.13 Å². The highest BCUT2D eigenvalue weighted by Gasteiger charge is 2.43. The lowest BCUT2D eigenvalue weighted by Crippen LogP contribution is -2.48. The number of pyridine rings is 1. The fourth-order valence-electron chi connectivity index (χ4n) is 5.61. The van der Waals surface area contributed by atoms with Crippen LogP contribution in [0.15, 0.2) is 42.6 Å². The number of nitrogens with one attached hydrogen (secondary N) is 1. The fraction of sp³-hybridized carbons (Fsp3) is 0.458. The van der Waals surface area contributed by atoms with E-state index in [1.807, 2.05) is 16.9 Å². The molecule has 33 heavy (non-hydrogen) atoms. The van der Waals surface area contributed by atoms with E-state index in [1.54, 1.807) is 19.2 Å². The second-order valence-electron chi connectivity index (χ2n) is 9.17. The van der Waals surface area contributed by atoms with Crippen molar-refractivity contribution in [1.29, 1.82) is 0 Å². The zero-order chi connectivity index (χ0) is 22.4. The van der Waals surface area contributed by atoms with Crippen molar-refractivity contribution >= 4 is 23.3 Å². The number of fused-ring (bicyclic) bond motifs is 3. The molecule has 6 rings (SSSR count). The van der Waals surface area contributed by atoms with Gasteiger partial charge in [-0.3, -0.25) is 0 Å². The Balaban J connectivity index is 1.19. The molecule has 3 aliphatic rings. The minimum absolute atomic E-state index is 0.230. The summed E-state index contributed by atoms with van der Waals surface area (Å²) < 4.78 is 20.7. The molecule has 1 aromatic carbocycles. The maximum atomic E-state index is 13.4. The predicted molar refractivity (Wildman–Crippen MR) is 125 cm³/mol. The number of piperidine rings is 1. The maximum Gasteiger partial charge on any atom is 0.244 e. The van der Waals surface area contributed by atoms with Gasteiger partial charge in [-0.15, -0.1) is 5.10 Å². The van der Waals surface area contributed by atoms with Crippen LogP contribution in [-0.2, 0) is 6.54 Å². The van der Waals surface area contributed by atoms with Crippen LogP contribution in [-0.4, -0.2) is 52.5 Å². The molecule has 1 unspecified atom stereocenters. The third-order valence-electron chi connectivity index (χ3n) is 7.21. The van der Waals surface area contributed by atoms with Gasteiger partial charge in [0, 0.05) is 55.9 Å². The number of halogens is 1. The molecule has 1 saturated carbocycles. The molecule has 2 aliphatic heterocycles. The number of anilines is 4. The van der Waals surface area contributed by atoms with E-state index in [4.69, 9.17) is 14.8 Å². The van der Waals surface area contributed by atoms with Crippen molar-refractivity contribution in [3.05, 3.63) is 48.4 Å². The molecule has 3 atom stereocenters. The molecular weight excluding hydrogens is 421 g/mol. The number of nitrogens with zero attached hydrogens (tertiary/aromatic N) is 6. The Hall–Kier alpha value is -3.36. The van der Waals surface area contributed by atoms with Crippen molar-refractivity contribution in [2.45, 2.75) is 31.8 Å². The van der Waals surface area contributed by atoms with Crippen molar-refractivity contribution in [2.75, 3.05) is 41.9 Å². The first-order valence-corrected chi connectivity index (χ1v) is 11.7. The van der Waals surface area contributed by atoms with Gasteiger partial charge in [-0.25, -0.2) is 14.1 Å². The van der Waals surface area contributed by atoms with Crippen LogP contribution >= 0.6 is 0 Å². The Kier molecular flexibility index (Phi) is 5.04. The molecule has 0 radical (unpaired) electrons. The second-order valence-corrected chi connectivity index (χ2v) is 9.17. The molecule has 1 saturated heterocycles. The zero-order valence-corrected chi connectivity index (χ0v) is 18.7. The Morgan fingerprint density at radius 1 is 1.03 bits per heavy atom. The summed E-state index contributed by atoms with van der Waals surface area (Å²) in [5.74, 6) is 3.02. The number of hydrogen-bond acceptors (Lipinski definition) is 7. The topological polar surface area (TPSA) is 71.3 Å². The van der Waals surface area contributed by atoms with Gasteiger partial charge in [0.2, 0.25) is 17.8 Å². The molecule has 2 fully saturated rings. The third kappa shape index (κ3) is 3.75. The van der Waals surface area contributed by atoms with Gasteiger partial charge in [0.05, 0.1) is 7.11 Å². The molecule has 8 nitrogen and oxygen atoms in total. The van der Waals surface area contributed by atoms with Crippen molar-refractivity contribution in [3.63, 3.8) is 0 Å². The third-order valence-corrected chi connectivity index (χ3v) is 7.21. The number of hydrogen-bond donors (Lipinski definition) is 1. The summed E-state index contributed by atoms with van der Waals surface area (Å²) in [7, 11) is 1.65. The van der Waals surface area contributed by atoms with Gasteiger partial charge in [0.1, 0.15) is 5.82 Å². The Morgan fingerprint density at radius 2 is 1.82 bits per heavy atom. The molecule has 3 aromatic rings. The highest BCUT2D eigenvalue weighted by Crippen LogP contribution is 2.40. The highest BCUT2D eigenvalue weighted by atomic mass is 19.1. The molecule has 9 heteroatoms. The van der Waals surface area contributed by atoms with Crippen molar-refractivity contribution in [2.24, 2.45) is 11.8 Å². The van der Waals surface area contributed by atoms with Crippen LogP contribution in [0.5, 0.6) is 5.88 Å². The summed E-state index contributed by atoms with van der Waals surface area (Å²) >= 11 is 0. The molecule has 1 N–H and O–H groups in total. The first-order chi connectivity index (χ1) is 16.2. The Morgan fingerprint density at radius 3 is 2.58 bits per heavy atom. The molecule has 0 amide bonds. The van der Waals surface area contributed by atoms with Crippen LogP contribution in [0.4, 0.5) is 27.7 Å². The lowest BCUT2D eigenvalue weighted by molar-refractivity contribution is 0.374. The van der Waals surface area contributed by atoms with Crippen molar-refractivity contribution in [3.8, 4) is 5.88 Å².